The molecule has 0 atom stereocenters. The smallest absolute Gasteiger partial charge is 0.0823 e. The summed E-state index contributed by atoms with van der Waals surface area (Å²) in [5, 5.41) is 17.7. The van der Waals surface area contributed by atoms with Crippen molar-refractivity contribution in [2.45, 2.75) is 24.7 Å². The maximum atomic E-state index is 8.99. The molecule has 0 bridgehead atoms. The highest BCUT2D eigenvalue weighted by atomic mass is 16.2. The summed E-state index contributed by atoms with van der Waals surface area (Å²) in [7, 11) is 0. The van der Waals surface area contributed by atoms with Gasteiger partial charge in [-0.3, -0.25) is 0 Å². The molecule has 0 saturated heterocycles. The lowest BCUT2D eigenvalue weighted by molar-refractivity contribution is 0.299. The van der Waals surface area contributed by atoms with Crippen molar-refractivity contribution in [3.8, 4) is 6.07 Å². The molecule has 1 saturated carbocycles. The van der Waals surface area contributed by atoms with E-state index in [1.165, 1.54) is 0 Å². The monoisotopic (exact) mass is 187 g/mol. The normalized spacial score (nSPS) is 17.4. The Bertz CT molecular complexity index is 357. The molecule has 0 heterocycles. The minimum atomic E-state index is -0.183. The van der Waals surface area contributed by atoms with E-state index < -0.39 is 0 Å². The summed E-state index contributed by atoms with van der Waals surface area (Å²) in [4.78, 5) is 0. The van der Waals surface area contributed by atoms with E-state index in [0.717, 1.165) is 24.0 Å². The summed E-state index contributed by atoms with van der Waals surface area (Å²) in [6.45, 7) is 0.183. The second kappa shape index (κ2) is 3.43. The van der Waals surface area contributed by atoms with E-state index >= 15 is 0 Å². The quantitative estimate of drug-likeness (QED) is 0.783. The number of benzene rings is 1. The first kappa shape index (κ1) is 9.23. The Hall–Kier alpha value is -1.33. The van der Waals surface area contributed by atoms with Crippen LogP contribution in [0.3, 0.4) is 0 Å². The average molecular weight is 187 g/mol. The van der Waals surface area contributed by atoms with Crippen molar-refractivity contribution in [3.05, 3.63) is 35.4 Å². The molecule has 1 aromatic rings. The van der Waals surface area contributed by atoms with Gasteiger partial charge >= 0.3 is 0 Å². The lowest BCUT2D eigenvalue weighted by atomic mass is 9.96. The molecule has 72 valence electrons. The van der Waals surface area contributed by atoms with Crippen LogP contribution < -0.4 is 0 Å². The Balaban J connectivity index is 2.19. The number of hydrogen-bond donors (Lipinski definition) is 1. The van der Waals surface area contributed by atoms with Crippen LogP contribution in [0, 0.1) is 11.3 Å². The highest BCUT2D eigenvalue weighted by molar-refractivity contribution is 5.39. The Morgan fingerprint density at radius 1 is 1.29 bits per heavy atom. The number of aliphatic hydroxyl groups excluding tert-OH is 1. The maximum absolute atomic E-state index is 8.99. The molecule has 0 aliphatic heterocycles. The molecule has 2 rings (SSSR count). The van der Waals surface area contributed by atoms with E-state index in [-0.39, 0.29) is 12.0 Å². The standard InChI is InChI=1S/C12H13NO/c13-9-12(6-7-12)11-3-1-10(2-4-11)5-8-14/h1-4,14H,5-8H2. The van der Waals surface area contributed by atoms with Crippen LogP contribution in [0.15, 0.2) is 24.3 Å². The Morgan fingerprint density at radius 3 is 2.36 bits per heavy atom. The highest BCUT2D eigenvalue weighted by Crippen LogP contribution is 2.47. The third kappa shape index (κ3) is 1.51. The van der Waals surface area contributed by atoms with Crippen LogP contribution in [-0.4, -0.2) is 11.7 Å². The Labute approximate surface area is 83.8 Å². The number of nitrogens with zero attached hydrogens (tertiary/aromatic N) is 1. The van der Waals surface area contributed by atoms with Gasteiger partial charge in [-0.2, -0.15) is 5.26 Å². The average Bonchev–Trinajstić information content (AvgIpc) is 3.00. The molecule has 0 radical (unpaired) electrons. The van der Waals surface area contributed by atoms with Crippen LogP contribution in [0.1, 0.15) is 24.0 Å². The Kier molecular flexibility index (Phi) is 2.26. The van der Waals surface area contributed by atoms with E-state index in [9.17, 15) is 0 Å². The molecule has 2 nitrogen and oxygen atoms in total. The van der Waals surface area contributed by atoms with Gasteiger partial charge < -0.3 is 5.11 Å². The fourth-order valence-electron chi connectivity index (χ4n) is 1.71. The topological polar surface area (TPSA) is 44.0 Å². The van der Waals surface area contributed by atoms with Gasteiger partial charge in [0, 0.05) is 6.61 Å². The lowest BCUT2D eigenvalue weighted by Crippen LogP contribution is -2.02. The summed E-state index contributed by atoms with van der Waals surface area (Å²) in [6.07, 6.45) is 2.67. The first-order valence-corrected chi connectivity index (χ1v) is 4.92. The van der Waals surface area contributed by atoms with Crippen LogP contribution >= 0.6 is 0 Å². The van der Waals surface area contributed by atoms with Gasteiger partial charge in [-0.1, -0.05) is 24.3 Å². The van der Waals surface area contributed by atoms with Crippen LogP contribution in [0.4, 0.5) is 0 Å². The van der Waals surface area contributed by atoms with Crippen molar-refractivity contribution in [1.82, 2.24) is 0 Å². The summed E-state index contributed by atoms with van der Waals surface area (Å²) in [5.41, 5.74) is 2.07. The molecule has 0 unspecified atom stereocenters. The second-order valence-electron chi connectivity index (χ2n) is 3.86. The van der Waals surface area contributed by atoms with Crippen molar-refractivity contribution in [3.63, 3.8) is 0 Å². The van der Waals surface area contributed by atoms with Crippen molar-refractivity contribution in [2.75, 3.05) is 6.61 Å². The van der Waals surface area contributed by atoms with Gasteiger partial charge in [-0.05, 0) is 30.4 Å². The van der Waals surface area contributed by atoms with E-state index in [1.54, 1.807) is 0 Å². The van der Waals surface area contributed by atoms with E-state index in [4.69, 9.17) is 10.4 Å². The molecular formula is C12H13NO. The molecule has 0 aromatic heterocycles. The predicted molar refractivity (Wildman–Crippen MR) is 53.8 cm³/mol. The van der Waals surface area contributed by atoms with E-state index in [0.29, 0.717) is 6.42 Å². The van der Waals surface area contributed by atoms with Gasteiger partial charge in [0.25, 0.3) is 0 Å². The van der Waals surface area contributed by atoms with Crippen LogP contribution in [0.25, 0.3) is 0 Å². The van der Waals surface area contributed by atoms with Gasteiger partial charge in [0.1, 0.15) is 0 Å². The van der Waals surface area contributed by atoms with Crippen molar-refractivity contribution >= 4 is 0 Å². The van der Waals surface area contributed by atoms with E-state index in [1.807, 2.05) is 24.3 Å². The van der Waals surface area contributed by atoms with Gasteiger partial charge in [0.2, 0.25) is 0 Å². The molecule has 1 N–H and O–H groups in total. The van der Waals surface area contributed by atoms with Gasteiger partial charge in [0.05, 0.1) is 11.5 Å². The molecule has 2 heteroatoms. The number of hydrogen-bond acceptors (Lipinski definition) is 2. The zero-order valence-electron chi connectivity index (χ0n) is 8.03. The molecule has 0 spiro atoms. The third-order valence-corrected chi connectivity index (χ3v) is 2.87. The Morgan fingerprint density at radius 2 is 1.93 bits per heavy atom. The maximum Gasteiger partial charge on any atom is 0.0823 e. The summed E-state index contributed by atoms with van der Waals surface area (Å²) in [5.74, 6) is 0. The second-order valence-corrected chi connectivity index (χ2v) is 3.86. The van der Waals surface area contributed by atoms with E-state index in [2.05, 4.69) is 6.07 Å². The minimum Gasteiger partial charge on any atom is -0.396 e. The zero-order chi connectivity index (χ0) is 10.0. The van der Waals surface area contributed by atoms with Crippen molar-refractivity contribution in [2.24, 2.45) is 0 Å². The van der Waals surface area contributed by atoms with Crippen LogP contribution in [0.2, 0.25) is 0 Å². The van der Waals surface area contributed by atoms with Gasteiger partial charge in [-0.15, -0.1) is 0 Å². The fraction of sp³-hybridized carbons (Fsp3) is 0.417. The SMILES string of the molecule is N#CC1(c2ccc(CCO)cc2)CC1. The lowest BCUT2D eigenvalue weighted by Gasteiger charge is -2.06. The minimum absolute atomic E-state index is 0.183. The van der Waals surface area contributed by atoms with Crippen LogP contribution in [0.5, 0.6) is 0 Å². The summed E-state index contributed by atoms with van der Waals surface area (Å²) in [6, 6.07) is 10.4. The number of nitriles is 1. The molecule has 0 amide bonds. The number of aliphatic hydroxyl groups is 1. The third-order valence-electron chi connectivity index (χ3n) is 2.87. The van der Waals surface area contributed by atoms with Crippen molar-refractivity contribution in [1.29, 1.82) is 5.26 Å². The molecule has 1 fully saturated rings. The summed E-state index contributed by atoms with van der Waals surface area (Å²) >= 11 is 0. The van der Waals surface area contributed by atoms with Crippen LogP contribution in [-0.2, 0) is 11.8 Å². The molecule has 1 aliphatic rings. The predicted octanol–water partition coefficient (Wildman–Crippen LogP) is 1.78. The molecule has 1 aliphatic carbocycles. The first-order valence-electron chi connectivity index (χ1n) is 4.92. The molecule has 14 heavy (non-hydrogen) atoms. The highest BCUT2D eigenvalue weighted by Gasteiger charge is 2.44. The van der Waals surface area contributed by atoms with Gasteiger partial charge in [0.15, 0.2) is 0 Å². The van der Waals surface area contributed by atoms with Gasteiger partial charge in [-0.25, -0.2) is 0 Å². The molecular weight excluding hydrogens is 174 g/mol. The first-order chi connectivity index (χ1) is 6.80. The van der Waals surface area contributed by atoms with Crippen molar-refractivity contribution < 1.29 is 5.11 Å². The zero-order valence-corrected chi connectivity index (χ0v) is 8.03. The number of rotatable bonds is 3. The molecule has 1 aromatic carbocycles. The summed E-state index contributed by atoms with van der Waals surface area (Å²) < 4.78 is 0. The fourth-order valence-corrected chi connectivity index (χ4v) is 1.71. The largest absolute Gasteiger partial charge is 0.396 e.